The predicted molar refractivity (Wildman–Crippen MR) is 53.7 cm³/mol. The second-order valence-corrected chi connectivity index (χ2v) is 4.00. The maximum Gasteiger partial charge on any atom is 0.273 e. The van der Waals surface area contributed by atoms with Crippen molar-refractivity contribution in [3.63, 3.8) is 0 Å². The molecule has 0 atom stereocenters. The van der Waals surface area contributed by atoms with Gasteiger partial charge in [-0.15, -0.1) is 11.3 Å². The molecule has 2 aromatic rings. The molecule has 0 radical (unpaired) electrons. The molecule has 0 unspecified atom stereocenters. The van der Waals surface area contributed by atoms with Crippen molar-refractivity contribution in [2.45, 2.75) is 0 Å². The fourth-order valence-corrected chi connectivity index (χ4v) is 2.49. The number of rotatable bonds is 0. The molecule has 0 aliphatic carbocycles. The third kappa shape index (κ3) is 0.807. The first-order chi connectivity index (χ1) is 6.77. The zero-order valence-corrected chi connectivity index (χ0v) is 7.88. The molecule has 0 saturated carbocycles. The third-order valence-electron chi connectivity index (χ3n) is 2.28. The molecule has 0 bridgehead atoms. The van der Waals surface area contributed by atoms with Gasteiger partial charge in [-0.2, -0.15) is 0 Å². The van der Waals surface area contributed by atoms with Gasteiger partial charge in [0.05, 0.1) is 5.69 Å². The van der Waals surface area contributed by atoms with Gasteiger partial charge in [0.1, 0.15) is 4.88 Å². The second kappa shape index (κ2) is 2.42. The Morgan fingerprint density at radius 2 is 2.07 bits per heavy atom. The lowest BCUT2D eigenvalue weighted by Crippen LogP contribution is -2.09. The summed E-state index contributed by atoms with van der Waals surface area (Å²) in [6, 6.07) is 4.77. The molecule has 0 N–H and O–H groups in total. The van der Waals surface area contributed by atoms with Crippen LogP contribution < -0.4 is 5.43 Å². The fourth-order valence-electron chi connectivity index (χ4n) is 1.65. The van der Waals surface area contributed by atoms with E-state index in [-0.39, 0.29) is 11.3 Å². The van der Waals surface area contributed by atoms with E-state index in [1.54, 1.807) is 0 Å². The van der Waals surface area contributed by atoms with Crippen molar-refractivity contribution in [1.29, 1.82) is 0 Å². The molecule has 68 valence electrons. The van der Waals surface area contributed by atoms with Gasteiger partial charge in [0.25, 0.3) is 5.91 Å². The summed E-state index contributed by atoms with van der Waals surface area (Å²) in [7, 11) is 0. The quantitative estimate of drug-likeness (QED) is 0.556. The normalized spacial score (nSPS) is 12.7. The zero-order valence-electron chi connectivity index (χ0n) is 7.06. The largest absolute Gasteiger partial charge is 0.290 e. The van der Waals surface area contributed by atoms with Gasteiger partial charge in [-0.05, 0) is 11.4 Å². The van der Waals surface area contributed by atoms with E-state index in [0.29, 0.717) is 5.69 Å². The van der Waals surface area contributed by atoms with E-state index >= 15 is 0 Å². The first-order valence-electron chi connectivity index (χ1n) is 4.12. The van der Waals surface area contributed by atoms with Crippen molar-refractivity contribution < 1.29 is 4.79 Å². The van der Waals surface area contributed by atoms with Gasteiger partial charge in [0.2, 0.25) is 0 Å². The number of hydrogen-bond donors (Lipinski definition) is 0. The van der Waals surface area contributed by atoms with E-state index in [1.165, 1.54) is 34.2 Å². The summed E-state index contributed by atoms with van der Waals surface area (Å²) in [6.07, 6.45) is 1.53. The van der Waals surface area contributed by atoms with E-state index in [4.69, 9.17) is 0 Å². The van der Waals surface area contributed by atoms with E-state index in [9.17, 15) is 9.59 Å². The highest BCUT2D eigenvalue weighted by atomic mass is 32.1. The van der Waals surface area contributed by atoms with Gasteiger partial charge in [-0.3, -0.25) is 14.2 Å². The SMILES string of the molecule is O=C1c2sccc2-c2cc(=O)ccn21. The van der Waals surface area contributed by atoms with E-state index in [0.717, 1.165) is 10.4 Å². The lowest BCUT2D eigenvalue weighted by molar-refractivity contribution is 0.0972. The Kier molecular flexibility index (Phi) is 1.33. The maximum atomic E-state index is 11.7. The average molecular weight is 203 g/mol. The number of carbonyl (C=O) groups is 1. The molecular formula is C10H5NO2S. The van der Waals surface area contributed by atoms with Crippen LogP contribution in [0.3, 0.4) is 0 Å². The topological polar surface area (TPSA) is 39.1 Å². The summed E-state index contributed by atoms with van der Waals surface area (Å²) in [5.41, 5.74) is 1.51. The predicted octanol–water partition coefficient (Wildman–Crippen LogP) is 1.58. The Balaban J connectivity index is 2.46. The van der Waals surface area contributed by atoms with Crippen LogP contribution in [0.2, 0.25) is 0 Å². The highest BCUT2D eigenvalue weighted by molar-refractivity contribution is 7.12. The van der Waals surface area contributed by atoms with Crippen LogP contribution in [0.25, 0.3) is 11.3 Å². The molecule has 0 saturated heterocycles. The third-order valence-corrected chi connectivity index (χ3v) is 3.18. The van der Waals surface area contributed by atoms with Gasteiger partial charge >= 0.3 is 0 Å². The van der Waals surface area contributed by atoms with Crippen LogP contribution >= 0.6 is 11.3 Å². The highest BCUT2D eigenvalue weighted by Crippen LogP contribution is 2.33. The molecule has 3 nitrogen and oxygen atoms in total. The Morgan fingerprint density at radius 3 is 2.93 bits per heavy atom. The van der Waals surface area contributed by atoms with Crippen LogP contribution in [0.4, 0.5) is 0 Å². The van der Waals surface area contributed by atoms with E-state index < -0.39 is 0 Å². The van der Waals surface area contributed by atoms with Crippen molar-refractivity contribution in [2.24, 2.45) is 0 Å². The average Bonchev–Trinajstić information content (AvgIpc) is 2.71. The molecule has 1 aliphatic heterocycles. The molecule has 3 rings (SSSR count). The fraction of sp³-hybridized carbons (Fsp3) is 0. The summed E-state index contributed by atoms with van der Waals surface area (Å²) >= 11 is 1.41. The van der Waals surface area contributed by atoms with Gasteiger partial charge in [-0.1, -0.05) is 0 Å². The summed E-state index contributed by atoms with van der Waals surface area (Å²) < 4.78 is 1.52. The van der Waals surface area contributed by atoms with Crippen molar-refractivity contribution >= 4 is 17.2 Å². The Hall–Kier alpha value is -1.68. The lowest BCUT2D eigenvalue weighted by Gasteiger charge is -1.99. The minimum atomic E-state index is -0.0666. The number of carbonyl (C=O) groups excluding carboxylic acids is 1. The first kappa shape index (κ1) is 7.70. The van der Waals surface area contributed by atoms with Crippen LogP contribution in [-0.4, -0.2) is 10.5 Å². The molecular weight excluding hydrogens is 198 g/mol. The molecule has 0 fully saturated rings. The number of fused-ring (bicyclic) bond motifs is 3. The van der Waals surface area contributed by atoms with Crippen LogP contribution in [0.1, 0.15) is 9.67 Å². The molecule has 4 heteroatoms. The van der Waals surface area contributed by atoms with Crippen molar-refractivity contribution in [2.75, 3.05) is 0 Å². The summed E-state index contributed by atoms with van der Waals surface area (Å²) in [6.45, 7) is 0. The highest BCUT2D eigenvalue weighted by Gasteiger charge is 2.26. The molecule has 14 heavy (non-hydrogen) atoms. The van der Waals surface area contributed by atoms with Crippen LogP contribution in [0, 0.1) is 0 Å². The Labute approximate surface area is 83.2 Å². The summed E-state index contributed by atoms with van der Waals surface area (Å²) in [5.74, 6) is -0.0370. The molecule has 0 spiro atoms. The monoisotopic (exact) mass is 203 g/mol. The Bertz CT molecular complexity index is 594. The van der Waals surface area contributed by atoms with Crippen molar-refractivity contribution in [3.05, 3.63) is 44.9 Å². The minimum absolute atomic E-state index is 0.0370. The molecule has 3 heterocycles. The van der Waals surface area contributed by atoms with Crippen LogP contribution in [0.5, 0.6) is 0 Å². The van der Waals surface area contributed by atoms with Crippen LogP contribution in [0.15, 0.2) is 34.6 Å². The molecule has 0 aromatic carbocycles. The molecule has 0 amide bonds. The summed E-state index contributed by atoms with van der Waals surface area (Å²) in [4.78, 5) is 23.6. The van der Waals surface area contributed by atoms with Gasteiger partial charge in [0.15, 0.2) is 5.43 Å². The Morgan fingerprint density at radius 1 is 1.21 bits per heavy atom. The number of thiophene rings is 1. The second-order valence-electron chi connectivity index (χ2n) is 3.09. The molecule has 1 aliphatic rings. The van der Waals surface area contributed by atoms with E-state index in [2.05, 4.69) is 0 Å². The van der Waals surface area contributed by atoms with Gasteiger partial charge < -0.3 is 0 Å². The maximum absolute atomic E-state index is 11.7. The zero-order chi connectivity index (χ0) is 9.71. The minimum Gasteiger partial charge on any atom is -0.290 e. The lowest BCUT2D eigenvalue weighted by atomic mass is 10.2. The van der Waals surface area contributed by atoms with Gasteiger partial charge in [-0.25, -0.2) is 0 Å². The standard InChI is InChI=1S/C10H5NO2S/c12-6-1-3-11-8(5-6)7-2-4-14-9(7)10(11)13/h1-5H. The van der Waals surface area contributed by atoms with Crippen molar-refractivity contribution in [3.8, 4) is 11.3 Å². The summed E-state index contributed by atoms with van der Waals surface area (Å²) in [5, 5.41) is 1.86. The van der Waals surface area contributed by atoms with Crippen LogP contribution in [-0.2, 0) is 0 Å². The number of aromatic nitrogens is 1. The smallest absolute Gasteiger partial charge is 0.273 e. The van der Waals surface area contributed by atoms with Crippen molar-refractivity contribution in [1.82, 2.24) is 4.57 Å². The number of pyridine rings is 1. The first-order valence-corrected chi connectivity index (χ1v) is 5.00. The number of nitrogens with zero attached hydrogens (tertiary/aromatic N) is 1. The van der Waals surface area contributed by atoms with E-state index in [1.807, 2.05) is 11.4 Å². The molecule has 2 aromatic heterocycles. The van der Waals surface area contributed by atoms with Gasteiger partial charge in [0, 0.05) is 23.9 Å². The number of hydrogen-bond acceptors (Lipinski definition) is 3.